The molecule has 1 fully saturated rings. The van der Waals surface area contributed by atoms with Gasteiger partial charge in [0.2, 0.25) is 5.91 Å². The molecule has 0 radical (unpaired) electrons. The van der Waals surface area contributed by atoms with Gasteiger partial charge in [-0.15, -0.1) is 0 Å². The van der Waals surface area contributed by atoms with Crippen molar-refractivity contribution in [2.24, 2.45) is 0 Å². The number of amides is 3. The summed E-state index contributed by atoms with van der Waals surface area (Å²) in [5, 5.41) is 14.0. The quantitative estimate of drug-likeness (QED) is 0.723. The van der Waals surface area contributed by atoms with Gasteiger partial charge in [0.1, 0.15) is 6.54 Å². The highest BCUT2D eigenvalue weighted by Gasteiger charge is 2.56. The Bertz CT molecular complexity index is 556. The maximum Gasteiger partial charge on any atom is 0.323 e. The van der Waals surface area contributed by atoms with E-state index >= 15 is 0 Å². The number of hydrogen-bond donors (Lipinski definition) is 3. The van der Waals surface area contributed by atoms with Crippen LogP contribution in [0.3, 0.4) is 0 Å². The van der Waals surface area contributed by atoms with Crippen LogP contribution in [0.25, 0.3) is 0 Å². The molecular formula is C13H16N4O3. The topological polar surface area (TPSA) is 94.6 Å². The molecule has 3 rings (SSSR count). The second kappa shape index (κ2) is 4.75. The average Bonchev–Trinajstić information content (AvgIpc) is 3.23. The van der Waals surface area contributed by atoms with Gasteiger partial charge in [0.25, 0.3) is 0 Å². The fraction of sp³-hybridized carbons (Fsp3) is 0.462. The van der Waals surface area contributed by atoms with Gasteiger partial charge >= 0.3 is 6.03 Å². The number of carbonyl (C=O) groups is 2. The number of carbonyl (C=O) groups excluding carboxylic acids is 2. The molecule has 0 bridgehead atoms. The van der Waals surface area contributed by atoms with Crippen LogP contribution in [-0.4, -0.2) is 46.6 Å². The van der Waals surface area contributed by atoms with E-state index in [9.17, 15) is 9.59 Å². The van der Waals surface area contributed by atoms with Crippen LogP contribution < -0.4 is 10.6 Å². The molecule has 7 heteroatoms. The van der Waals surface area contributed by atoms with Gasteiger partial charge in [-0.25, -0.2) is 4.79 Å². The predicted octanol–water partition coefficient (Wildman–Crippen LogP) is 0.0267. The zero-order valence-electron chi connectivity index (χ0n) is 10.9. The van der Waals surface area contributed by atoms with Gasteiger partial charge < -0.3 is 20.6 Å². The summed E-state index contributed by atoms with van der Waals surface area (Å²) in [6.45, 7) is 0.0471. The molecule has 1 aromatic heterocycles. The number of rotatable bonds is 4. The fourth-order valence-corrected chi connectivity index (χ4v) is 2.62. The van der Waals surface area contributed by atoms with Crippen LogP contribution >= 0.6 is 0 Å². The SMILES string of the molecule is O=C(CN1C(=O)Nc2cccnc2C12CC2)NCCO. The van der Waals surface area contributed by atoms with E-state index in [1.807, 2.05) is 6.07 Å². The molecule has 7 nitrogen and oxygen atoms in total. The standard InChI is InChI=1S/C13H16N4O3/c18-7-6-14-10(19)8-17-12(20)16-9-2-1-5-15-11(9)13(17)3-4-13/h1-2,5,18H,3-4,6-8H2,(H,14,19)(H,16,20). The van der Waals surface area contributed by atoms with E-state index in [2.05, 4.69) is 15.6 Å². The number of nitrogens with zero attached hydrogens (tertiary/aromatic N) is 2. The lowest BCUT2D eigenvalue weighted by Gasteiger charge is -2.36. The molecule has 0 saturated heterocycles. The number of aliphatic hydroxyl groups excluding tert-OH is 1. The van der Waals surface area contributed by atoms with Crippen LogP contribution in [0.1, 0.15) is 18.5 Å². The summed E-state index contributed by atoms with van der Waals surface area (Å²) in [4.78, 5) is 29.9. The third-order valence-corrected chi connectivity index (χ3v) is 3.71. The Morgan fingerprint density at radius 3 is 3.05 bits per heavy atom. The Labute approximate surface area is 116 Å². The number of aromatic nitrogens is 1. The Morgan fingerprint density at radius 1 is 1.55 bits per heavy atom. The summed E-state index contributed by atoms with van der Waals surface area (Å²) in [5.41, 5.74) is 1.12. The first-order valence-electron chi connectivity index (χ1n) is 6.59. The van der Waals surface area contributed by atoms with Crippen LogP contribution in [-0.2, 0) is 10.3 Å². The van der Waals surface area contributed by atoms with Gasteiger partial charge in [0.05, 0.1) is 23.5 Å². The first kappa shape index (κ1) is 12.9. The Balaban J connectivity index is 1.82. The summed E-state index contributed by atoms with van der Waals surface area (Å²) in [6.07, 6.45) is 3.33. The molecule has 1 aliphatic carbocycles. The molecule has 20 heavy (non-hydrogen) atoms. The van der Waals surface area contributed by atoms with Crippen molar-refractivity contribution < 1.29 is 14.7 Å². The van der Waals surface area contributed by atoms with Crippen molar-refractivity contribution in [3.8, 4) is 0 Å². The third kappa shape index (κ3) is 2.00. The third-order valence-electron chi connectivity index (χ3n) is 3.71. The van der Waals surface area contributed by atoms with E-state index in [0.717, 1.165) is 24.2 Å². The van der Waals surface area contributed by atoms with E-state index in [-0.39, 0.29) is 31.6 Å². The van der Waals surface area contributed by atoms with Crippen LogP contribution in [0.4, 0.5) is 10.5 Å². The lowest BCUT2D eigenvalue weighted by molar-refractivity contribution is -0.122. The average molecular weight is 276 g/mol. The van der Waals surface area contributed by atoms with Crippen molar-refractivity contribution in [1.82, 2.24) is 15.2 Å². The molecule has 2 heterocycles. The van der Waals surface area contributed by atoms with Gasteiger partial charge in [0, 0.05) is 12.7 Å². The summed E-state index contributed by atoms with van der Waals surface area (Å²) in [7, 11) is 0. The van der Waals surface area contributed by atoms with Crippen molar-refractivity contribution in [3.63, 3.8) is 0 Å². The minimum atomic E-state index is -0.435. The summed E-state index contributed by atoms with van der Waals surface area (Å²) in [6, 6.07) is 3.32. The Hall–Kier alpha value is -2.15. The molecule has 0 atom stereocenters. The van der Waals surface area contributed by atoms with Gasteiger partial charge in [-0.05, 0) is 25.0 Å². The van der Waals surface area contributed by atoms with E-state index < -0.39 is 5.54 Å². The number of anilines is 1. The maximum atomic E-state index is 12.2. The number of hydrogen-bond acceptors (Lipinski definition) is 4. The molecule has 106 valence electrons. The predicted molar refractivity (Wildman–Crippen MR) is 71.0 cm³/mol. The van der Waals surface area contributed by atoms with Gasteiger partial charge in [-0.2, -0.15) is 0 Å². The van der Waals surface area contributed by atoms with Crippen LogP contribution in [0.15, 0.2) is 18.3 Å². The molecule has 3 amide bonds. The van der Waals surface area contributed by atoms with Crippen molar-refractivity contribution in [2.75, 3.05) is 25.0 Å². The monoisotopic (exact) mass is 276 g/mol. The van der Waals surface area contributed by atoms with Crippen LogP contribution in [0, 0.1) is 0 Å². The van der Waals surface area contributed by atoms with E-state index in [1.54, 1.807) is 12.3 Å². The van der Waals surface area contributed by atoms with E-state index in [4.69, 9.17) is 5.11 Å². The molecule has 0 unspecified atom stereocenters. The summed E-state index contributed by atoms with van der Waals surface area (Å²) in [5.74, 6) is -0.278. The highest BCUT2D eigenvalue weighted by atomic mass is 16.3. The fourth-order valence-electron chi connectivity index (χ4n) is 2.62. The molecule has 3 N–H and O–H groups in total. The molecule has 1 spiro atoms. The van der Waals surface area contributed by atoms with Crippen LogP contribution in [0.5, 0.6) is 0 Å². The van der Waals surface area contributed by atoms with E-state index in [0.29, 0.717) is 0 Å². The number of fused-ring (bicyclic) bond motifs is 2. The van der Waals surface area contributed by atoms with Crippen molar-refractivity contribution in [3.05, 3.63) is 24.0 Å². The number of nitrogens with one attached hydrogen (secondary N) is 2. The molecule has 1 saturated carbocycles. The van der Waals surface area contributed by atoms with Crippen molar-refractivity contribution in [1.29, 1.82) is 0 Å². The normalized spacial score (nSPS) is 18.4. The zero-order valence-corrected chi connectivity index (χ0v) is 10.9. The second-order valence-corrected chi connectivity index (χ2v) is 5.02. The minimum absolute atomic E-state index is 0.0259. The van der Waals surface area contributed by atoms with Gasteiger partial charge in [-0.1, -0.05) is 0 Å². The lowest BCUT2D eigenvalue weighted by Crippen LogP contribution is -2.51. The van der Waals surface area contributed by atoms with Crippen molar-refractivity contribution in [2.45, 2.75) is 18.4 Å². The maximum absolute atomic E-state index is 12.2. The number of pyridine rings is 1. The second-order valence-electron chi connectivity index (χ2n) is 5.02. The molecule has 2 aliphatic rings. The molecule has 1 aromatic rings. The summed E-state index contributed by atoms with van der Waals surface area (Å²) < 4.78 is 0. The Kier molecular flexibility index (Phi) is 3.06. The van der Waals surface area contributed by atoms with Gasteiger partial charge in [0.15, 0.2) is 0 Å². The van der Waals surface area contributed by atoms with E-state index in [1.165, 1.54) is 4.90 Å². The van der Waals surface area contributed by atoms with Gasteiger partial charge in [-0.3, -0.25) is 9.78 Å². The van der Waals surface area contributed by atoms with Crippen LogP contribution in [0.2, 0.25) is 0 Å². The minimum Gasteiger partial charge on any atom is -0.395 e. The molecule has 1 aliphatic heterocycles. The Morgan fingerprint density at radius 2 is 2.35 bits per heavy atom. The number of aliphatic hydroxyl groups is 1. The molecule has 0 aromatic carbocycles. The number of urea groups is 1. The highest BCUT2D eigenvalue weighted by Crippen LogP contribution is 2.54. The summed E-state index contributed by atoms with van der Waals surface area (Å²) >= 11 is 0. The largest absolute Gasteiger partial charge is 0.395 e. The zero-order chi connectivity index (χ0) is 14.2. The first-order chi connectivity index (χ1) is 9.67. The van der Waals surface area contributed by atoms with Crippen molar-refractivity contribution >= 4 is 17.6 Å². The first-order valence-corrected chi connectivity index (χ1v) is 6.59. The lowest BCUT2D eigenvalue weighted by atomic mass is 10.0. The smallest absolute Gasteiger partial charge is 0.323 e. The molecular weight excluding hydrogens is 260 g/mol. The highest BCUT2D eigenvalue weighted by molar-refractivity contribution is 5.96.